The van der Waals surface area contributed by atoms with Gasteiger partial charge in [-0.2, -0.15) is 0 Å². The van der Waals surface area contributed by atoms with Gasteiger partial charge in [0.1, 0.15) is 5.75 Å². The van der Waals surface area contributed by atoms with Crippen molar-refractivity contribution < 1.29 is 14.5 Å². The van der Waals surface area contributed by atoms with Crippen LogP contribution in [-0.2, 0) is 24.2 Å². The number of hydrogen-bond acceptors (Lipinski definition) is 6. The highest BCUT2D eigenvalue weighted by Gasteiger charge is 2.41. The maximum Gasteiger partial charge on any atom is 0.269 e. The maximum atomic E-state index is 13.5. The third-order valence-corrected chi connectivity index (χ3v) is 7.77. The topological polar surface area (TPSA) is 87.9 Å². The Labute approximate surface area is 227 Å². The van der Waals surface area contributed by atoms with Crippen LogP contribution in [-0.4, -0.2) is 55.1 Å². The monoisotopic (exact) mass is 534 g/mol. The summed E-state index contributed by atoms with van der Waals surface area (Å²) in [4.78, 5) is 29.2. The molecule has 2 aliphatic rings. The molecule has 8 nitrogen and oxygen atoms in total. The Morgan fingerprint density at radius 2 is 1.82 bits per heavy atom. The number of amides is 1. The number of carbonyl (C=O) groups excluding carboxylic acids is 1. The van der Waals surface area contributed by atoms with Gasteiger partial charge < -0.3 is 15.0 Å². The molecule has 2 atom stereocenters. The molecule has 3 aromatic rings. The minimum atomic E-state index is -0.375. The second-order valence-corrected chi connectivity index (χ2v) is 10.3. The van der Waals surface area contributed by atoms with E-state index in [2.05, 4.69) is 15.1 Å². The van der Waals surface area contributed by atoms with Crippen molar-refractivity contribution in [3.05, 3.63) is 98.6 Å². The first kappa shape index (κ1) is 26.0. The van der Waals surface area contributed by atoms with Gasteiger partial charge in [0.25, 0.3) is 5.69 Å². The normalized spacial score (nSPS) is 18.8. The molecule has 0 aromatic heterocycles. The summed E-state index contributed by atoms with van der Waals surface area (Å²) < 4.78 is 5.22. The first-order valence-corrected chi connectivity index (χ1v) is 13.2. The van der Waals surface area contributed by atoms with Crippen LogP contribution in [0.4, 0.5) is 11.4 Å². The standard InChI is InChI=1S/C29H31ClN4O4/c1-38-25-9-4-20(5-10-25)12-13-31-29(35)26-17-22-16-24(34(36)37)8-11-27(22)33-15-14-32(19-28(26)33)18-21-2-6-23(30)7-3-21/h2-11,16,26,28H,12-15,17-19H2,1H3,(H,31,35). The molecule has 0 bridgehead atoms. The van der Waals surface area contributed by atoms with E-state index in [-0.39, 0.29) is 28.5 Å². The summed E-state index contributed by atoms with van der Waals surface area (Å²) in [6, 6.07) is 20.7. The van der Waals surface area contributed by atoms with Gasteiger partial charge in [0.15, 0.2) is 0 Å². The fourth-order valence-electron chi connectivity index (χ4n) is 5.53. The van der Waals surface area contributed by atoms with Gasteiger partial charge in [0.05, 0.1) is 24.0 Å². The van der Waals surface area contributed by atoms with Gasteiger partial charge in [-0.1, -0.05) is 35.9 Å². The van der Waals surface area contributed by atoms with Crippen LogP contribution in [0.1, 0.15) is 16.7 Å². The summed E-state index contributed by atoms with van der Waals surface area (Å²) in [5.74, 6) is 0.473. The Hall–Kier alpha value is -3.62. The fourth-order valence-corrected chi connectivity index (χ4v) is 5.65. The van der Waals surface area contributed by atoms with E-state index in [0.717, 1.165) is 48.7 Å². The number of methoxy groups -OCH3 is 1. The van der Waals surface area contributed by atoms with Crippen LogP contribution in [0.5, 0.6) is 5.75 Å². The molecule has 1 saturated heterocycles. The molecule has 2 heterocycles. The minimum absolute atomic E-state index is 0.0148. The Morgan fingerprint density at radius 3 is 2.53 bits per heavy atom. The molecule has 38 heavy (non-hydrogen) atoms. The minimum Gasteiger partial charge on any atom is -0.497 e. The molecule has 0 radical (unpaired) electrons. The molecule has 2 unspecified atom stereocenters. The average molecular weight is 535 g/mol. The number of anilines is 1. The quantitative estimate of drug-likeness (QED) is 0.339. The number of ether oxygens (including phenoxy) is 1. The van der Waals surface area contributed by atoms with Gasteiger partial charge in [-0.05, 0) is 59.9 Å². The third-order valence-electron chi connectivity index (χ3n) is 7.52. The van der Waals surface area contributed by atoms with Gasteiger partial charge >= 0.3 is 0 Å². The highest BCUT2D eigenvalue weighted by Crippen LogP contribution is 2.38. The van der Waals surface area contributed by atoms with Crippen molar-refractivity contribution >= 4 is 28.9 Å². The lowest BCUT2D eigenvalue weighted by molar-refractivity contribution is -0.384. The van der Waals surface area contributed by atoms with Gasteiger partial charge in [-0.15, -0.1) is 0 Å². The van der Waals surface area contributed by atoms with Crippen molar-refractivity contribution in [1.82, 2.24) is 10.2 Å². The fraction of sp³-hybridized carbons (Fsp3) is 0.345. The van der Waals surface area contributed by atoms with Crippen LogP contribution in [0, 0.1) is 16.0 Å². The molecule has 0 spiro atoms. The summed E-state index contributed by atoms with van der Waals surface area (Å²) in [5, 5.41) is 15.3. The second kappa shape index (κ2) is 11.4. The number of carbonyl (C=O) groups is 1. The molecule has 9 heteroatoms. The van der Waals surface area contributed by atoms with Crippen LogP contribution >= 0.6 is 11.6 Å². The number of benzene rings is 3. The van der Waals surface area contributed by atoms with E-state index in [9.17, 15) is 14.9 Å². The first-order chi connectivity index (χ1) is 18.4. The second-order valence-electron chi connectivity index (χ2n) is 9.89. The van der Waals surface area contributed by atoms with Crippen LogP contribution in [0.3, 0.4) is 0 Å². The summed E-state index contributed by atoms with van der Waals surface area (Å²) in [6.07, 6.45) is 1.18. The maximum absolute atomic E-state index is 13.5. The molecule has 198 valence electrons. The number of hydrogen-bond donors (Lipinski definition) is 1. The number of non-ortho nitro benzene ring substituents is 1. The first-order valence-electron chi connectivity index (χ1n) is 12.8. The summed E-state index contributed by atoms with van der Waals surface area (Å²) >= 11 is 6.06. The van der Waals surface area contributed by atoms with Gasteiger partial charge in [-0.3, -0.25) is 19.8 Å². The SMILES string of the molecule is COc1ccc(CCNC(=O)C2Cc3cc([N+](=O)[O-])ccc3N3CCN(Cc4ccc(Cl)cc4)CC23)cc1. The van der Waals surface area contributed by atoms with Crippen molar-refractivity contribution in [2.75, 3.05) is 38.2 Å². The predicted octanol–water partition coefficient (Wildman–Crippen LogP) is 4.48. The Bertz CT molecular complexity index is 1300. The molecule has 1 N–H and O–H groups in total. The zero-order chi connectivity index (χ0) is 26.6. The molecular formula is C29H31ClN4O4. The van der Waals surface area contributed by atoms with Crippen molar-refractivity contribution in [2.24, 2.45) is 5.92 Å². The van der Waals surface area contributed by atoms with Gasteiger partial charge in [0.2, 0.25) is 5.91 Å². The largest absolute Gasteiger partial charge is 0.497 e. The number of nitro groups is 1. The van der Waals surface area contributed by atoms with E-state index in [1.54, 1.807) is 19.2 Å². The van der Waals surface area contributed by atoms with Crippen LogP contribution < -0.4 is 15.0 Å². The van der Waals surface area contributed by atoms with Gasteiger partial charge in [-0.25, -0.2) is 0 Å². The summed E-state index contributed by atoms with van der Waals surface area (Å²) in [7, 11) is 1.64. The highest BCUT2D eigenvalue weighted by atomic mass is 35.5. The number of piperazine rings is 1. The predicted molar refractivity (Wildman–Crippen MR) is 148 cm³/mol. The molecule has 1 amide bonds. The average Bonchev–Trinajstić information content (AvgIpc) is 2.93. The lowest BCUT2D eigenvalue weighted by Crippen LogP contribution is -2.61. The number of rotatable bonds is 8. The Morgan fingerprint density at radius 1 is 1.08 bits per heavy atom. The zero-order valence-electron chi connectivity index (χ0n) is 21.3. The van der Waals surface area contributed by atoms with Gasteiger partial charge in [0, 0.05) is 55.6 Å². The molecule has 1 fully saturated rings. The Kier molecular flexibility index (Phi) is 7.81. The van der Waals surface area contributed by atoms with Crippen LogP contribution in [0.25, 0.3) is 0 Å². The molecule has 2 aliphatic heterocycles. The smallest absolute Gasteiger partial charge is 0.269 e. The molecule has 0 aliphatic carbocycles. The van der Waals surface area contributed by atoms with Crippen molar-refractivity contribution in [3.8, 4) is 5.75 Å². The van der Waals surface area contributed by atoms with E-state index < -0.39 is 0 Å². The summed E-state index contributed by atoms with van der Waals surface area (Å²) in [6.45, 7) is 3.61. The lowest BCUT2D eigenvalue weighted by atomic mass is 9.83. The van der Waals surface area contributed by atoms with Crippen molar-refractivity contribution in [2.45, 2.75) is 25.4 Å². The van der Waals surface area contributed by atoms with Crippen molar-refractivity contribution in [3.63, 3.8) is 0 Å². The van der Waals surface area contributed by atoms with E-state index in [1.807, 2.05) is 54.6 Å². The number of nitrogens with zero attached hydrogens (tertiary/aromatic N) is 3. The Balaban J connectivity index is 1.32. The van der Waals surface area contributed by atoms with Crippen LogP contribution in [0.15, 0.2) is 66.7 Å². The molecule has 5 rings (SSSR count). The molecule has 0 saturated carbocycles. The van der Waals surface area contributed by atoms with E-state index in [1.165, 1.54) is 5.56 Å². The zero-order valence-corrected chi connectivity index (χ0v) is 22.1. The van der Waals surface area contributed by atoms with E-state index in [0.29, 0.717) is 24.4 Å². The van der Waals surface area contributed by atoms with Crippen LogP contribution in [0.2, 0.25) is 5.02 Å². The number of nitro benzene ring substituents is 1. The third kappa shape index (κ3) is 5.76. The summed E-state index contributed by atoms with van der Waals surface area (Å²) in [5.41, 5.74) is 4.20. The number of fused-ring (bicyclic) bond motifs is 3. The molecule has 3 aromatic carbocycles. The number of halogens is 1. The molecular weight excluding hydrogens is 504 g/mol. The number of nitrogens with one attached hydrogen (secondary N) is 1. The lowest BCUT2D eigenvalue weighted by Gasteiger charge is -2.49. The highest BCUT2D eigenvalue weighted by molar-refractivity contribution is 6.30. The van der Waals surface area contributed by atoms with Crippen molar-refractivity contribution in [1.29, 1.82) is 0 Å². The van der Waals surface area contributed by atoms with E-state index in [4.69, 9.17) is 16.3 Å². The van der Waals surface area contributed by atoms with E-state index >= 15 is 0 Å².